The van der Waals surface area contributed by atoms with Crippen molar-refractivity contribution in [3.05, 3.63) is 93.1 Å². The number of benzene rings is 2. The van der Waals surface area contributed by atoms with Gasteiger partial charge >= 0.3 is 0 Å². The summed E-state index contributed by atoms with van der Waals surface area (Å²) in [6.07, 6.45) is 0.838. The van der Waals surface area contributed by atoms with Gasteiger partial charge in [-0.05, 0) is 52.1 Å². The standard InChI is InChI=1S/C20H19ClOS/c1-2-19(15-12-13-23-14-15)20(22,16-6-4-3-5-7-16)17-8-10-18(21)11-9-17/h3-14,19,22H,2H2,1H3/t19-,20-/m0/s1. The molecular formula is C20H19ClOS. The zero-order valence-electron chi connectivity index (χ0n) is 12.9. The summed E-state index contributed by atoms with van der Waals surface area (Å²) in [5.74, 6) is -0.0164. The summed E-state index contributed by atoms with van der Waals surface area (Å²) in [4.78, 5) is 0. The number of aliphatic hydroxyl groups is 1. The number of rotatable bonds is 5. The fraction of sp³-hybridized carbons (Fsp3) is 0.200. The fourth-order valence-corrected chi connectivity index (χ4v) is 4.05. The van der Waals surface area contributed by atoms with Gasteiger partial charge in [0.2, 0.25) is 0 Å². The molecule has 1 heterocycles. The molecule has 118 valence electrons. The van der Waals surface area contributed by atoms with Gasteiger partial charge in [0.15, 0.2) is 0 Å². The summed E-state index contributed by atoms with van der Waals surface area (Å²) >= 11 is 7.70. The van der Waals surface area contributed by atoms with E-state index in [2.05, 4.69) is 23.8 Å². The van der Waals surface area contributed by atoms with Crippen LogP contribution < -0.4 is 0 Å². The zero-order valence-corrected chi connectivity index (χ0v) is 14.5. The van der Waals surface area contributed by atoms with Gasteiger partial charge in [-0.1, -0.05) is 61.0 Å². The molecule has 0 fully saturated rings. The molecule has 0 saturated carbocycles. The van der Waals surface area contributed by atoms with Crippen LogP contribution in [0.1, 0.15) is 36.0 Å². The highest BCUT2D eigenvalue weighted by Gasteiger charge is 2.40. The third-order valence-electron chi connectivity index (χ3n) is 4.36. The van der Waals surface area contributed by atoms with E-state index < -0.39 is 5.60 Å². The lowest BCUT2D eigenvalue weighted by Gasteiger charge is -2.37. The highest BCUT2D eigenvalue weighted by Crippen LogP contribution is 2.45. The highest BCUT2D eigenvalue weighted by atomic mass is 35.5. The van der Waals surface area contributed by atoms with E-state index in [0.29, 0.717) is 5.02 Å². The fourth-order valence-electron chi connectivity index (χ4n) is 3.21. The second-order valence-corrected chi connectivity index (χ2v) is 6.87. The van der Waals surface area contributed by atoms with E-state index in [9.17, 15) is 5.11 Å². The Morgan fingerprint density at radius 2 is 1.65 bits per heavy atom. The Morgan fingerprint density at radius 1 is 1.00 bits per heavy atom. The van der Waals surface area contributed by atoms with Crippen LogP contribution in [0, 0.1) is 0 Å². The Kier molecular flexibility index (Phi) is 4.86. The smallest absolute Gasteiger partial charge is 0.121 e. The van der Waals surface area contributed by atoms with Gasteiger partial charge in [-0.25, -0.2) is 0 Å². The maximum absolute atomic E-state index is 11.8. The van der Waals surface area contributed by atoms with E-state index in [1.165, 1.54) is 5.56 Å². The van der Waals surface area contributed by atoms with Crippen LogP contribution in [0.3, 0.4) is 0 Å². The molecule has 3 aromatic rings. The largest absolute Gasteiger partial charge is 0.380 e. The monoisotopic (exact) mass is 342 g/mol. The minimum Gasteiger partial charge on any atom is -0.380 e. The first kappa shape index (κ1) is 16.3. The van der Waals surface area contributed by atoms with Crippen LogP contribution in [0.4, 0.5) is 0 Å². The molecule has 0 bridgehead atoms. The molecule has 0 aliphatic heterocycles. The number of hydrogen-bond acceptors (Lipinski definition) is 2. The normalized spacial score (nSPS) is 15.1. The van der Waals surface area contributed by atoms with Gasteiger partial charge in [-0.2, -0.15) is 11.3 Å². The van der Waals surface area contributed by atoms with Crippen molar-refractivity contribution in [3.8, 4) is 0 Å². The highest BCUT2D eigenvalue weighted by molar-refractivity contribution is 7.08. The lowest BCUT2D eigenvalue weighted by Crippen LogP contribution is -2.34. The molecule has 0 aliphatic carbocycles. The molecular weight excluding hydrogens is 324 g/mol. The summed E-state index contributed by atoms with van der Waals surface area (Å²) < 4.78 is 0. The molecule has 0 saturated heterocycles. The van der Waals surface area contributed by atoms with E-state index in [-0.39, 0.29) is 5.92 Å². The van der Waals surface area contributed by atoms with Gasteiger partial charge in [0.05, 0.1) is 0 Å². The third kappa shape index (κ3) is 3.07. The van der Waals surface area contributed by atoms with Gasteiger partial charge in [0, 0.05) is 10.9 Å². The van der Waals surface area contributed by atoms with Crippen molar-refractivity contribution in [3.63, 3.8) is 0 Å². The van der Waals surface area contributed by atoms with Crippen LogP contribution >= 0.6 is 22.9 Å². The Labute approximate surface area is 146 Å². The van der Waals surface area contributed by atoms with Crippen LogP contribution in [0.25, 0.3) is 0 Å². The molecule has 0 aliphatic rings. The van der Waals surface area contributed by atoms with Crippen LogP contribution in [0.15, 0.2) is 71.4 Å². The third-order valence-corrected chi connectivity index (χ3v) is 5.31. The Bertz CT molecular complexity index is 737. The molecule has 2 atom stereocenters. The van der Waals surface area contributed by atoms with E-state index in [4.69, 9.17) is 11.6 Å². The molecule has 0 spiro atoms. The maximum atomic E-state index is 11.8. The minimum atomic E-state index is -1.08. The Hall–Kier alpha value is -1.61. The van der Waals surface area contributed by atoms with E-state index in [0.717, 1.165) is 17.5 Å². The van der Waals surface area contributed by atoms with Crippen molar-refractivity contribution in [2.75, 3.05) is 0 Å². The lowest BCUT2D eigenvalue weighted by atomic mass is 9.72. The molecule has 1 nitrogen and oxygen atoms in total. The molecule has 0 amide bonds. The van der Waals surface area contributed by atoms with E-state index >= 15 is 0 Å². The number of halogens is 1. The first-order valence-corrected chi connectivity index (χ1v) is 9.04. The average molecular weight is 343 g/mol. The van der Waals surface area contributed by atoms with Crippen LogP contribution in [0.5, 0.6) is 0 Å². The second-order valence-electron chi connectivity index (χ2n) is 5.66. The van der Waals surface area contributed by atoms with Crippen molar-refractivity contribution in [2.45, 2.75) is 24.9 Å². The van der Waals surface area contributed by atoms with Crippen molar-refractivity contribution >= 4 is 22.9 Å². The summed E-state index contributed by atoms with van der Waals surface area (Å²) in [5, 5.41) is 16.7. The Morgan fingerprint density at radius 3 is 2.22 bits per heavy atom. The van der Waals surface area contributed by atoms with Gasteiger partial charge in [0.1, 0.15) is 5.60 Å². The summed E-state index contributed by atoms with van der Waals surface area (Å²) in [5.41, 5.74) is 1.85. The predicted octanol–water partition coefficient (Wildman–Crippen LogP) is 5.83. The van der Waals surface area contributed by atoms with Gasteiger partial charge in [-0.15, -0.1) is 0 Å². The minimum absolute atomic E-state index is 0.0164. The average Bonchev–Trinajstić information content (AvgIpc) is 3.11. The van der Waals surface area contributed by atoms with Gasteiger partial charge in [-0.3, -0.25) is 0 Å². The molecule has 2 aromatic carbocycles. The Balaban J connectivity index is 2.19. The molecule has 1 aromatic heterocycles. The zero-order chi connectivity index (χ0) is 16.3. The van der Waals surface area contributed by atoms with E-state index in [1.807, 2.05) is 54.6 Å². The molecule has 3 rings (SSSR count). The quantitative estimate of drug-likeness (QED) is 0.618. The number of thiophene rings is 1. The van der Waals surface area contributed by atoms with Crippen molar-refractivity contribution in [1.82, 2.24) is 0 Å². The van der Waals surface area contributed by atoms with Crippen molar-refractivity contribution < 1.29 is 5.11 Å². The van der Waals surface area contributed by atoms with Gasteiger partial charge in [0.25, 0.3) is 0 Å². The topological polar surface area (TPSA) is 20.2 Å². The molecule has 23 heavy (non-hydrogen) atoms. The van der Waals surface area contributed by atoms with Crippen LogP contribution in [0.2, 0.25) is 5.02 Å². The molecule has 1 N–H and O–H groups in total. The van der Waals surface area contributed by atoms with Gasteiger partial charge < -0.3 is 5.11 Å². The lowest BCUT2D eigenvalue weighted by molar-refractivity contribution is 0.0478. The summed E-state index contributed by atoms with van der Waals surface area (Å²) in [7, 11) is 0. The number of hydrogen-bond donors (Lipinski definition) is 1. The molecule has 0 unspecified atom stereocenters. The molecule has 3 heteroatoms. The summed E-state index contributed by atoms with van der Waals surface area (Å²) in [6.45, 7) is 2.12. The second kappa shape index (κ2) is 6.88. The van der Waals surface area contributed by atoms with Crippen LogP contribution in [-0.4, -0.2) is 5.11 Å². The molecule has 0 radical (unpaired) electrons. The summed E-state index contributed by atoms with van der Waals surface area (Å²) in [6, 6.07) is 19.5. The predicted molar refractivity (Wildman–Crippen MR) is 98.2 cm³/mol. The first-order chi connectivity index (χ1) is 11.2. The van der Waals surface area contributed by atoms with Crippen molar-refractivity contribution in [1.29, 1.82) is 0 Å². The SMILES string of the molecule is CC[C@@H](c1ccsc1)[C@](O)(c1ccccc1)c1ccc(Cl)cc1. The van der Waals surface area contributed by atoms with Crippen LogP contribution in [-0.2, 0) is 5.60 Å². The van der Waals surface area contributed by atoms with E-state index in [1.54, 1.807) is 11.3 Å². The van der Waals surface area contributed by atoms with Crippen molar-refractivity contribution in [2.24, 2.45) is 0 Å². The first-order valence-electron chi connectivity index (χ1n) is 7.72. The maximum Gasteiger partial charge on any atom is 0.121 e.